The van der Waals surface area contributed by atoms with Gasteiger partial charge in [-0.25, -0.2) is 4.39 Å². The quantitative estimate of drug-likeness (QED) is 0.775. The highest BCUT2D eigenvalue weighted by molar-refractivity contribution is 5.97. The number of aromatic amines is 1. The number of hydrogen-bond donors (Lipinski definition) is 1. The molecule has 0 amide bonds. The van der Waals surface area contributed by atoms with Crippen molar-refractivity contribution in [3.05, 3.63) is 47.8 Å². The van der Waals surface area contributed by atoms with Gasteiger partial charge in [0.1, 0.15) is 22.8 Å². The van der Waals surface area contributed by atoms with E-state index in [-0.39, 0.29) is 5.82 Å². The van der Waals surface area contributed by atoms with Crippen LogP contribution in [0.4, 0.5) is 4.39 Å². The molecule has 0 unspecified atom stereocenters. The zero-order valence-corrected chi connectivity index (χ0v) is 10.6. The average molecular weight is 267 g/mol. The first-order valence-electron chi connectivity index (χ1n) is 5.95. The highest BCUT2D eigenvalue weighted by Crippen LogP contribution is 2.32. The van der Waals surface area contributed by atoms with Gasteiger partial charge in [-0.15, -0.1) is 0 Å². The molecule has 0 spiro atoms. The van der Waals surface area contributed by atoms with E-state index < -0.39 is 0 Å². The number of nitrogens with one attached hydrogen (secondary N) is 1. The number of benzene rings is 2. The first-order chi connectivity index (χ1) is 9.72. The average Bonchev–Trinajstić information content (AvgIpc) is 2.90. The van der Waals surface area contributed by atoms with Crippen molar-refractivity contribution in [2.24, 2.45) is 0 Å². The Morgan fingerprint density at radius 3 is 2.85 bits per heavy atom. The van der Waals surface area contributed by atoms with Crippen LogP contribution >= 0.6 is 0 Å². The lowest BCUT2D eigenvalue weighted by Crippen LogP contribution is -1.86. The second-order valence-corrected chi connectivity index (χ2v) is 4.30. The zero-order chi connectivity index (χ0) is 14.1. The molecule has 5 heteroatoms. The minimum Gasteiger partial charge on any atom is -0.494 e. The Bertz CT molecular complexity index is 833. The van der Waals surface area contributed by atoms with Gasteiger partial charge >= 0.3 is 0 Å². The van der Waals surface area contributed by atoms with E-state index in [0.717, 1.165) is 5.39 Å². The Morgan fingerprint density at radius 2 is 2.15 bits per heavy atom. The minimum atomic E-state index is -0.331. The van der Waals surface area contributed by atoms with Crippen molar-refractivity contribution in [2.75, 3.05) is 7.11 Å². The summed E-state index contributed by atoms with van der Waals surface area (Å²) in [6.07, 6.45) is 0. The van der Waals surface area contributed by atoms with Crippen LogP contribution in [0.1, 0.15) is 5.56 Å². The summed E-state index contributed by atoms with van der Waals surface area (Å²) in [5.41, 5.74) is 2.39. The molecule has 0 radical (unpaired) electrons. The molecule has 0 bridgehead atoms. The van der Waals surface area contributed by atoms with Crippen LogP contribution in [-0.2, 0) is 0 Å². The molecule has 98 valence electrons. The maximum atomic E-state index is 13.3. The molecule has 0 aliphatic heterocycles. The number of ether oxygens (including phenoxy) is 1. The molecule has 0 atom stereocenters. The Hall–Kier alpha value is -2.87. The Morgan fingerprint density at radius 1 is 1.30 bits per heavy atom. The van der Waals surface area contributed by atoms with Gasteiger partial charge in [0.15, 0.2) is 0 Å². The number of rotatable bonds is 2. The summed E-state index contributed by atoms with van der Waals surface area (Å²) in [5.74, 6) is 0.205. The van der Waals surface area contributed by atoms with Crippen LogP contribution in [0, 0.1) is 17.1 Å². The molecule has 0 aliphatic carbocycles. The molecule has 0 saturated heterocycles. The number of H-pyrrole nitrogens is 1. The van der Waals surface area contributed by atoms with Crippen LogP contribution in [0.3, 0.4) is 0 Å². The summed E-state index contributed by atoms with van der Waals surface area (Å²) >= 11 is 0. The van der Waals surface area contributed by atoms with Crippen LogP contribution in [0.2, 0.25) is 0 Å². The molecule has 1 N–H and O–H groups in total. The van der Waals surface area contributed by atoms with Gasteiger partial charge in [-0.2, -0.15) is 10.4 Å². The SMILES string of the molecule is COc1cc(C#N)cc2c(-c3cccc(F)c3)n[nH]c12. The van der Waals surface area contributed by atoms with E-state index in [1.165, 1.54) is 19.2 Å². The highest BCUT2D eigenvalue weighted by atomic mass is 19.1. The second kappa shape index (κ2) is 4.67. The van der Waals surface area contributed by atoms with Gasteiger partial charge in [0.25, 0.3) is 0 Å². The molecule has 0 fully saturated rings. The van der Waals surface area contributed by atoms with E-state index in [1.807, 2.05) is 0 Å². The van der Waals surface area contributed by atoms with Gasteiger partial charge in [0.05, 0.1) is 18.7 Å². The fourth-order valence-corrected chi connectivity index (χ4v) is 2.17. The lowest BCUT2D eigenvalue weighted by atomic mass is 10.1. The van der Waals surface area contributed by atoms with Crippen molar-refractivity contribution >= 4 is 10.9 Å². The molecule has 1 aromatic heterocycles. The Balaban J connectivity index is 2.30. The van der Waals surface area contributed by atoms with E-state index >= 15 is 0 Å². The zero-order valence-electron chi connectivity index (χ0n) is 10.6. The van der Waals surface area contributed by atoms with Gasteiger partial charge in [-0.3, -0.25) is 5.10 Å². The first kappa shape index (κ1) is 12.2. The molecule has 1 heterocycles. The van der Waals surface area contributed by atoms with Crippen LogP contribution in [0.25, 0.3) is 22.2 Å². The van der Waals surface area contributed by atoms with E-state index in [0.29, 0.717) is 28.1 Å². The lowest BCUT2D eigenvalue weighted by molar-refractivity contribution is 0.418. The molecule has 3 aromatic rings. The second-order valence-electron chi connectivity index (χ2n) is 4.30. The van der Waals surface area contributed by atoms with Gasteiger partial charge in [-0.05, 0) is 18.2 Å². The van der Waals surface area contributed by atoms with Gasteiger partial charge in [0, 0.05) is 17.0 Å². The predicted molar refractivity (Wildman–Crippen MR) is 72.8 cm³/mol. The number of methoxy groups -OCH3 is 1. The highest BCUT2D eigenvalue weighted by Gasteiger charge is 2.13. The van der Waals surface area contributed by atoms with E-state index in [2.05, 4.69) is 16.3 Å². The van der Waals surface area contributed by atoms with Crippen LogP contribution in [0.15, 0.2) is 36.4 Å². The topological polar surface area (TPSA) is 61.7 Å². The molecule has 3 rings (SSSR count). The Labute approximate surface area is 114 Å². The number of nitrogens with zero attached hydrogens (tertiary/aromatic N) is 2. The fraction of sp³-hybridized carbons (Fsp3) is 0.0667. The van der Waals surface area contributed by atoms with Crippen molar-refractivity contribution in [1.82, 2.24) is 10.2 Å². The largest absolute Gasteiger partial charge is 0.494 e. The molecule has 20 heavy (non-hydrogen) atoms. The molecule has 0 saturated carbocycles. The summed E-state index contributed by atoms with van der Waals surface area (Å²) in [5, 5.41) is 16.9. The van der Waals surface area contributed by atoms with Gasteiger partial charge in [0.2, 0.25) is 0 Å². The van der Waals surface area contributed by atoms with Crippen LogP contribution in [-0.4, -0.2) is 17.3 Å². The number of hydrogen-bond acceptors (Lipinski definition) is 3. The third-order valence-electron chi connectivity index (χ3n) is 3.08. The third-order valence-corrected chi connectivity index (χ3v) is 3.08. The first-order valence-corrected chi connectivity index (χ1v) is 5.95. The minimum absolute atomic E-state index is 0.331. The van der Waals surface area contributed by atoms with Crippen LogP contribution < -0.4 is 4.74 Å². The van der Waals surface area contributed by atoms with E-state index in [4.69, 9.17) is 10.00 Å². The summed E-state index contributed by atoms with van der Waals surface area (Å²) in [4.78, 5) is 0. The maximum absolute atomic E-state index is 13.3. The summed E-state index contributed by atoms with van der Waals surface area (Å²) in [7, 11) is 1.53. The van der Waals surface area contributed by atoms with Gasteiger partial charge < -0.3 is 4.74 Å². The van der Waals surface area contributed by atoms with Crippen molar-refractivity contribution in [3.8, 4) is 23.1 Å². The summed E-state index contributed by atoms with van der Waals surface area (Å²) < 4.78 is 18.6. The van der Waals surface area contributed by atoms with Crippen molar-refractivity contribution in [2.45, 2.75) is 0 Å². The molecular weight excluding hydrogens is 257 g/mol. The van der Waals surface area contributed by atoms with Gasteiger partial charge in [-0.1, -0.05) is 12.1 Å². The van der Waals surface area contributed by atoms with Crippen molar-refractivity contribution in [3.63, 3.8) is 0 Å². The number of fused-ring (bicyclic) bond motifs is 1. The number of halogens is 1. The number of nitriles is 1. The summed E-state index contributed by atoms with van der Waals surface area (Å²) in [6.45, 7) is 0. The standard InChI is InChI=1S/C15H10FN3O/c1-20-13-6-9(8-17)5-12-14(18-19-15(12)13)10-3-2-4-11(16)7-10/h2-7H,1H3,(H,18,19). The van der Waals surface area contributed by atoms with Crippen molar-refractivity contribution in [1.29, 1.82) is 5.26 Å². The van der Waals surface area contributed by atoms with Crippen LogP contribution in [0.5, 0.6) is 5.75 Å². The van der Waals surface area contributed by atoms with Crippen molar-refractivity contribution < 1.29 is 9.13 Å². The third kappa shape index (κ3) is 1.88. The Kier molecular flexibility index (Phi) is 2.84. The normalized spacial score (nSPS) is 10.4. The lowest BCUT2D eigenvalue weighted by Gasteiger charge is -2.03. The molecular formula is C15H10FN3O. The fourth-order valence-electron chi connectivity index (χ4n) is 2.17. The molecule has 2 aromatic carbocycles. The number of aromatic nitrogens is 2. The summed E-state index contributed by atoms with van der Waals surface area (Å²) in [6, 6.07) is 11.6. The molecule has 4 nitrogen and oxygen atoms in total. The predicted octanol–water partition coefficient (Wildman–Crippen LogP) is 3.25. The van der Waals surface area contributed by atoms with E-state index in [1.54, 1.807) is 24.3 Å². The maximum Gasteiger partial charge on any atom is 0.145 e. The smallest absolute Gasteiger partial charge is 0.145 e. The molecule has 0 aliphatic rings. The monoisotopic (exact) mass is 267 g/mol. The van der Waals surface area contributed by atoms with E-state index in [9.17, 15) is 4.39 Å².